The van der Waals surface area contributed by atoms with Crippen molar-refractivity contribution in [3.05, 3.63) is 42.0 Å². The quantitative estimate of drug-likeness (QED) is 0.730. The van der Waals surface area contributed by atoms with E-state index >= 15 is 0 Å². The third-order valence-corrected chi connectivity index (χ3v) is 1.93. The topological polar surface area (TPSA) is 35.9 Å². The number of hydrogen-bond donors (Lipinski definition) is 2. The Kier molecular flexibility index (Phi) is 7.20. The molecule has 0 aliphatic heterocycles. The Labute approximate surface area is 92.5 Å². The molecule has 2 nitrogen and oxygen atoms in total. The van der Waals surface area contributed by atoms with Crippen molar-refractivity contribution in [3.63, 3.8) is 0 Å². The van der Waals surface area contributed by atoms with Gasteiger partial charge in [0.2, 0.25) is 0 Å². The van der Waals surface area contributed by atoms with E-state index in [1.165, 1.54) is 0 Å². The second-order valence-corrected chi connectivity index (χ2v) is 3.16. The summed E-state index contributed by atoms with van der Waals surface area (Å²) in [5, 5.41) is 10.3. The summed E-state index contributed by atoms with van der Waals surface area (Å²) in [5.74, 6) is 0. The molecule has 0 aliphatic carbocycles. The molecule has 0 heterocycles. The van der Waals surface area contributed by atoms with Gasteiger partial charge in [0.25, 0.3) is 0 Å². The lowest BCUT2D eigenvalue weighted by Gasteiger charge is -1.97. The zero-order valence-electron chi connectivity index (χ0n) is 9.80. The molecule has 0 amide bonds. The highest BCUT2D eigenvalue weighted by Gasteiger charge is 1.92. The van der Waals surface area contributed by atoms with Gasteiger partial charge >= 0.3 is 0 Å². The van der Waals surface area contributed by atoms with Gasteiger partial charge in [-0.3, -0.25) is 0 Å². The van der Waals surface area contributed by atoms with Crippen LogP contribution in [0.5, 0.6) is 0 Å². The van der Waals surface area contributed by atoms with Crippen molar-refractivity contribution in [2.45, 2.75) is 13.8 Å². The largest absolute Gasteiger partial charge is 0.320 e. The molecule has 0 saturated carbocycles. The third-order valence-electron chi connectivity index (χ3n) is 1.93. The van der Waals surface area contributed by atoms with Crippen molar-refractivity contribution in [2.24, 2.45) is 0 Å². The molecule has 1 aromatic carbocycles. The minimum atomic E-state index is 0.598. The maximum Gasteiger partial charge on any atom is 0.0355 e. The van der Waals surface area contributed by atoms with E-state index in [-0.39, 0.29) is 0 Å². The van der Waals surface area contributed by atoms with Crippen LogP contribution >= 0.6 is 0 Å². The molecule has 0 saturated heterocycles. The minimum Gasteiger partial charge on any atom is -0.320 e. The Morgan fingerprint density at radius 1 is 1.40 bits per heavy atom. The molecule has 2 heteroatoms. The maximum atomic E-state index is 7.34. The normalized spacial score (nSPS) is 8.73. The van der Waals surface area contributed by atoms with E-state index in [4.69, 9.17) is 5.41 Å². The van der Waals surface area contributed by atoms with E-state index in [2.05, 4.69) is 18.8 Å². The van der Waals surface area contributed by atoms with Crippen LogP contribution in [0.1, 0.15) is 25.0 Å². The van der Waals surface area contributed by atoms with Crippen molar-refractivity contribution in [2.75, 3.05) is 13.6 Å². The molecule has 0 spiro atoms. The number of nitrogens with one attached hydrogen (secondary N) is 2. The molecule has 1 rings (SSSR count). The first-order valence-corrected chi connectivity index (χ1v) is 5.08. The Morgan fingerprint density at radius 3 is 2.13 bits per heavy atom. The summed E-state index contributed by atoms with van der Waals surface area (Å²) in [6.07, 6.45) is 1.79. The van der Waals surface area contributed by atoms with Crippen molar-refractivity contribution >= 4 is 11.8 Å². The molecule has 0 unspecified atom stereocenters. The molecule has 0 atom stereocenters. The zero-order chi connectivity index (χ0) is 11.7. The summed E-state index contributed by atoms with van der Waals surface area (Å²) in [6, 6.07) is 7.78. The summed E-state index contributed by atoms with van der Waals surface area (Å²) in [6.45, 7) is 8.57. The first-order chi connectivity index (χ1) is 7.15. The van der Waals surface area contributed by atoms with Gasteiger partial charge in [-0.15, -0.1) is 0 Å². The predicted molar refractivity (Wildman–Crippen MR) is 68.6 cm³/mol. The molecule has 0 aliphatic rings. The minimum absolute atomic E-state index is 0.598. The van der Waals surface area contributed by atoms with Crippen molar-refractivity contribution < 1.29 is 0 Å². The molecule has 0 aromatic heterocycles. The molecular formula is C13H20N2. The average molecular weight is 204 g/mol. The van der Waals surface area contributed by atoms with Crippen LogP contribution in [0.15, 0.2) is 30.8 Å². The van der Waals surface area contributed by atoms with Crippen molar-refractivity contribution in [1.82, 2.24) is 5.32 Å². The average Bonchev–Trinajstić information content (AvgIpc) is 2.29. The maximum absolute atomic E-state index is 7.34. The van der Waals surface area contributed by atoms with Crippen LogP contribution in [0.4, 0.5) is 0 Å². The highest BCUT2D eigenvalue weighted by Crippen LogP contribution is 2.05. The third kappa shape index (κ3) is 5.81. The summed E-state index contributed by atoms with van der Waals surface area (Å²) in [5.41, 5.74) is 2.66. The molecule has 1 aromatic rings. The Hall–Kier alpha value is -1.41. The fraction of sp³-hybridized carbons (Fsp3) is 0.308. The van der Waals surface area contributed by atoms with E-state index in [1.807, 2.05) is 31.3 Å². The Bertz CT molecular complexity index is 297. The second-order valence-electron chi connectivity index (χ2n) is 3.16. The predicted octanol–water partition coefficient (Wildman–Crippen LogP) is 2.94. The van der Waals surface area contributed by atoms with Gasteiger partial charge in [-0.25, -0.2) is 0 Å². The highest BCUT2D eigenvalue weighted by molar-refractivity contribution is 5.96. The van der Waals surface area contributed by atoms with Gasteiger partial charge in [0, 0.05) is 5.71 Å². The van der Waals surface area contributed by atoms with E-state index in [0.717, 1.165) is 17.7 Å². The van der Waals surface area contributed by atoms with Gasteiger partial charge in [0.05, 0.1) is 0 Å². The lowest BCUT2D eigenvalue weighted by molar-refractivity contribution is 0.864. The summed E-state index contributed by atoms with van der Waals surface area (Å²) >= 11 is 0. The summed E-state index contributed by atoms with van der Waals surface area (Å²) < 4.78 is 0. The lowest BCUT2D eigenvalue weighted by atomic mass is 10.1. The van der Waals surface area contributed by atoms with Crippen LogP contribution in [-0.2, 0) is 0 Å². The van der Waals surface area contributed by atoms with Gasteiger partial charge in [-0.1, -0.05) is 43.8 Å². The molecule has 82 valence electrons. The van der Waals surface area contributed by atoms with Crippen molar-refractivity contribution in [1.29, 1.82) is 5.41 Å². The standard InChI is InChI=1S/C10H11N.C3H9N/c1-3-9-4-6-10(7-5-9)8(2)11;1-3-4-2/h3-7,11H,1H2,2H3;4H,3H2,1-2H3. The van der Waals surface area contributed by atoms with Gasteiger partial charge < -0.3 is 10.7 Å². The molecule has 0 fully saturated rings. The SMILES string of the molecule is C=Cc1ccc(C(C)=N)cc1.CCNC. The molecule has 0 bridgehead atoms. The highest BCUT2D eigenvalue weighted by atomic mass is 14.8. The summed E-state index contributed by atoms with van der Waals surface area (Å²) in [7, 11) is 1.93. The van der Waals surface area contributed by atoms with E-state index in [9.17, 15) is 0 Å². The number of hydrogen-bond acceptors (Lipinski definition) is 2. The Morgan fingerprint density at radius 2 is 1.87 bits per heavy atom. The first-order valence-electron chi connectivity index (χ1n) is 5.08. The van der Waals surface area contributed by atoms with E-state index in [0.29, 0.717) is 5.71 Å². The van der Waals surface area contributed by atoms with E-state index in [1.54, 1.807) is 13.0 Å². The van der Waals surface area contributed by atoms with Crippen LogP contribution in [0, 0.1) is 5.41 Å². The van der Waals surface area contributed by atoms with Gasteiger partial charge in [-0.05, 0) is 31.6 Å². The Balaban J connectivity index is 0.000000423. The monoisotopic (exact) mass is 204 g/mol. The van der Waals surface area contributed by atoms with Gasteiger partial charge in [-0.2, -0.15) is 0 Å². The molecule has 15 heavy (non-hydrogen) atoms. The first kappa shape index (κ1) is 13.6. The van der Waals surface area contributed by atoms with Crippen LogP contribution in [0.3, 0.4) is 0 Å². The van der Waals surface area contributed by atoms with Gasteiger partial charge in [0.15, 0.2) is 0 Å². The molecule has 2 N–H and O–H groups in total. The van der Waals surface area contributed by atoms with Crippen molar-refractivity contribution in [3.8, 4) is 0 Å². The second kappa shape index (κ2) is 7.94. The van der Waals surface area contributed by atoms with Gasteiger partial charge in [0.1, 0.15) is 0 Å². The van der Waals surface area contributed by atoms with E-state index < -0.39 is 0 Å². The number of benzene rings is 1. The summed E-state index contributed by atoms with van der Waals surface area (Å²) in [4.78, 5) is 0. The van der Waals surface area contributed by atoms with Crippen LogP contribution in [-0.4, -0.2) is 19.3 Å². The smallest absolute Gasteiger partial charge is 0.0355 e. The number of rotatable bonds is 3. The van der Waals surface area contributed by atoms with Crippen LogP contribution in [0.2, 0.25) is 0 Å². The molecule has 0 radical (unpaired) electrons. The molecular weight excluding hydrogens is 184 g/mol. The van der Waals surface area contributed by atoms with Crippen LogP contribution in [0.25, 0.3) is 6.08 Å². The zero-order valence-corrected chi connectivity index (χ0v) is 9.80. The fourth-order valence-corrected chi connectivity index (χ4v) is 0.869. The van der Waals surface area contributed by atoms with Crippen LogP contribution < -0.4 is 5.32 Å². The lowest BCUT2D eigenvalue weighted by Crippen LogP contribution is -2.01. The fourth-order valence-electron chi connectivity index (χ4n) is 0.869.